The number of piperidine rings is 1. The average Bonchev–Trinajstić information content (AvgIpc) is 2.55. The maximum absolute atomic E-state index is 11.0. The van der Waals surface area contributed by atoms with Crippen LogP contribution in [0.2, 0.25) is 0 Å². The minimum atomic E-state index is -0.786. The summed E-state index contributed by atoms with van der Waals surface area (Å²) in [5, 5.41) is 9.07. The number of para-hydroxylation sites is 1. The van der Waals surface area contributed by atoms with E-state index in [1.54, 1.807) is 21.1 Å². The van der Waals surface area contributed by atoms with Crippen molar-refractivity contribution in [1.82, 2.24) is 4.90 Å². The monoisotopic (exact) mass is 309 g/mol. The molecule has 0 radical (unpaired) electrons. The van der Waals surface area contributed by atoms with Gasteiger partial charge in [-0.2, -0.15) is 0 Å². The number of benzene rings is 1. The Bertz CT molecular complexity index is 489. The van der Waals surface area contributed by atoms with Gasteiger partial charge in [0, 0.05) is 13.1 Å². The molecule has 22 heavy (non-hydrogen) atoms. The van der Waals surface area contributed by atoms with E-state index in [0.29, 0.717) is 30.3 Å². The van der Waals surface area contributed by atoms with Crippen LogP contribution in [0.25, 0.3) is 0 Å². The Morgan fingerprint density at radius 3 is 2.23 bits per heavy atom. The van der Waals surface area contributed by atoms with Gasteiger partial charge < -0.3 is 19.3 Å². The van der Waals surface area contributed by atoms with Crippen LogP contribution in [-0.2, 0) is 4.79 Å². The number of hydrogen-bond acceptors (Lipinski definition) is 5. The normalized spacial score (nSPS) is 17.8. The third kappa shape index (κ3) is 3.62. The number of aliphatic carboxylic acids is 1. The molecule has 0 aliphatic carbocycles. The molecule has 122 valence electrons. The van der Waals surface area contributed by atoms with Gasteiger partial charge in [-0.05, 0) is 31.9 Å². The lowest BCUT2D eigenvalue weighted by Gasteiger charge is -2.34. The Kier molecular flexibility index (Phi) is 5.49. The molecule has 1 aliphatic heterocycles. The smallest absolute Gasteiger partial charge is 0.320 e. The lowest BCUT2D eigenvalue weighted by molar-refractivity contribution is -0.143. The van der Waals surface area contributed by atoms with Crippen molar-refractivity contribution < 1.29 is 24.1 Å². The summed E-state index contributed by atoms with van der Waals surface area (Å²) in [6.45, 7) is 3.12. The zero-order valence-electron chi connectivity index (χ0n) is 13.2. The van der Waals surface area contributed by atoms with Crippen LogP contribution >= 0.6 is 0 Å². The summed E-state index contributed by atoms with van der Waals surface area (Å²) in [6, 6.07) is 5.06. The molecule has 1 heterocycles. The number of carboxylic acids is 1. The van der Waals surface area contributed by atoms with E-state index in [1.807, 2.05) is 23.1 Å². The first-order valence-corrected chi connectivity index (χ1v) is 7.41. The fourth-order valence-corrected chi connectivity index (χ4v) is 2.64. The third-order valence-electron chi connectivity index (χ3n) is 4.05. The molecule has 1 aromatic rings. The van der Waals surface area contributed by atoms with E-state index in [9.17, 15) is 4.79 Å². The molecule has 1 aromatic carbocycles. The Morgan fingerprint density at radius 2 is 1.77 bits per heavy atom. The van der Waals surface area contributed by atoms with Crippen LogP contribution in [0.15, 0.2) is 18.2 Å². The van der Waals surface area contributed by atoms with E-state index >= 15 is 0 Å². The Labute approximate surface area is 130 Å². The van der Waals surface area contributed by atoms with Gasteiger partial charge in [-0.15, -0.1) is 0 Å². The summed E-state index contributed by atoms with van der Waals surface area (Å²) in [6.07, 6.45) is 1.58. The maximum atomic E-state index is 11.0. The summed E-state index contributed by atoms with van der Waals surface area (Å²) >= 11 is 0. The fraction of sp³-hybridized carbons (Fsp3) is 0.562. The minimum Gasteiger partial charge on any atom is -0.493 e. The Hall–Kier alpha value is -1.95. The van der Waals surface area contributed by atoms with Crippen LogP contribution in [0.5, 0.6) is 17.2 Å². The van der Waals surface area contributed by atoms with Gasteiger partial charge in [0.15, 0.2) is 11.5 Å². The molecule has 0 saturated carbocycles. The Balaban J connectivity index is 2.01. The number of carbonyl (C=O) groups is 1. The predicted molar refractivity (Wildman–Crippen MR) is 81.9 cm³/mol. The van der Waals surface area contributed by atoms with Crippen molar-refractivity contribution >= 4 is 5.97 Å². The molecule has 1 aliphatic rings. The number of carboxylic acid groups (broad SMARTS) is 1. The molecule has 6 heteroatoms. The minimum absolute atomic E-state index is 0.0300. The molecule has 1 unspecified atom stereocenters. The molecule has 1 fully saturated rings. The van der Waals surface area contributed by atoms with E-state index in [0.717, 1.165) is 12.8 Å². The van der Waals surface area contributed by atoms with Crippen LogP contribution in [-0.4, -0.2) is 55.4 Å². The zero-order chi connectivity index (χ0) is 16.1. The highest BCUT2D eigenvalue weighted by atomic mass is 16.5. The Morgan fingerprint density at radius 1 is 1.23 bits per heavy atom. The van der Waals surface area contributed by atoms with Gasteiger partial charge in [0.1, 0.15) is 12.1 Å². The first-order valence-electron chi connectivity index (χ1n) is 7.41. The highest BCUT2D eigenvalue weighted by Gasteiger charge is 2.28. The second-order valence-corrected chi connectivity index (χ2v) is 5.36. The molecule has 0 aromatic heterocycles. The van der Waals surface area contributed by atoms with Gasteiger partial charge in [0.25, 0.3) is 0 Å². The van der Waals surface area contributed by atoms with Gasteiger partial charge in [-0.1, -0.05) is 6.07 Å². The molecular weight excluding hydrogens is 286 g/mol. The van der Waals surface area contributed by atoms with Crippen molar-refractivity contribution in [1.29, 1.82) is 0 Å². The van der Waals surface area contributed by atoms with E-state index in [2.05, 4.69) is 0 Å². The van der Waals surface area contributed by atoms with Crippen molar-refractivity contribution in [3.05, 3.63) is 18.2 Å². The average molecular weight is 309 g/mol. The molecule has 1 N–H and O–H groups in total. The molecule has 6 nitrogen and oxygen atoms in total. The molecule has 2 rings (SSSR count). The number of nitrogens with zero attached hydrogens (tertiary/aromatic N) is 1. The number of ether oxygens (including phenoxy) is 3. The second kappa shape index (κ2) is 7.35. The quantitative estimate of drug-likeness (QED) is 0.867. The zero-order valence-corrected chi connectivity index (χ0v) is 13.2. The lowest BCUT2D eigenvalue weighted by atomic mass is 10.1. The number of likely N-dealkylation sites (tertiary alicyclic amines) is 1. The first kappa shape index (κ1) is 16.4. The van der Waals surface area contributed by atoms with Crippen LogP contribution in [0.3, 0.4) is 0 Å². The lowest BCUT2D eigenvalue weighted by Crippen LogP contribution is -2.46. The summed E-state index contributed by atoms with van der Waals surface area (Å²) < 4.78 is 16.7. The molecule has 0 bridgehead atoms. The van der Waals surface area contributed by atoms with Gasteiger partial charge in [-0.25, -0.2) is 0 Å². The largest absolute Gasteiger partial charge is 0.493 e. The van der Waals surface area contributed by atoms with Gasteiger partial charge >= 0.3 is 5.97 Å². The summed E-state index contributed by atoms with van der Waals surface area (Å²) in [5.41, 5.74) is 0. The summed E-state index contributed by atoms with van der Waals surface area (Å²) in [5.74, 6) is 1.10. The number of methoxy groups -OCH3 is 2. The second-order valence-electron chi connectivity index (χ2n) is 5.36. The SMILES string of the molecule is COc1cccc(OC)c1OC1CCN(C(C)C(=O)O)CC1. The standard InChI is InChI=1S/C16H23NO5/c1-11(16(18)19)17-9-7-12(8-10-17)22-15-13(20-2)5-4-6-14(15)21-3/h4-6,11-12H,7-10H2,1-3H3,(H,18,19). The van der Waals surface area contributed by atoms with Gasteiger partial charge in [0.2, 0.25) is 5.75 Å². The first-order chi connectivity index (χ1) is 10.6. The molecule has 1 atom stereocenters. The van der Waals surface area contributed by atoms with Crippen LogP contribution in [0, 0.1) is 0 Å². The van der Waals surface area contributed by atoms with Gasteiger partial charge in [-0.3, -0.25) is 9.69 Å². The molecule has 0 amide bonds. The number of hydrogen-bond donors (Lipinski definition) is 1. The van der Waals surface area contributed by atoms with Crippen molar-refractivity contribution in [2.24, 2.45) is 0 Å². The summed E-state index contributed by atoms with van der Waals surface area (Å²) in [4.78, 5) is 13.0. The highest BCUT2D eigenvalue weighted by Crippen LogP contribution is 2.38. The predicted octanol–water partition coefficient (Wildman–Crippen LogP) is 2.02. The van der Waals surface area contributed by atoms with Crippen molar-refractivity contribution in [2.45, 2.75) is 31.9 Å². The molecular formula is C16H23NO5. The van der Waals surface area contributed by atoms with Gasteiger partial charge in [0.05, 0.1) is 14.2 Å². The molecule has 0 spiro atoms. The maximum Gasteiger partial charge on any atom is 0.320 e. The van der Waals surface area contributed by atoms with Crippen molar-refractivity contribution in [3.63, 3.8) is 0 Å². The van der Waals surface area contributed by atoms with E-state index in [1.165, 1.54) is 0 Å². The van der Waals surface area contributed by atoms with Crippen LogP contribution < -0.4 is 14.2 Å². The van der Waals surface area contributed by atoms with E-state index in [4.69, 9.17) is 19.3 Å². The van der Waals surface area contributed by atoms with Crippen molar-refractivity contribution in [2.75, 3.05) is 27.3 Å². The van der Waals surface area contributed by atoms with Crippen LogP contribution in [0.4, 0.5) is 0 Å². The fourth-order valence-electron chi connectivity index (χ4n) is 2.64. The summed E-state index contributed by atoms with van der Waals surface area (Å²) in [7, 11) is 3.19. The van der Waals surface area contributed by atoms with Crippen LogP contribution in [0.1, 0.15) is 19.8 Å². The van der Waals surface area contributed by atoms with Crippen molar-refractivity contribution in [3.8, 4) is 17.2 Å². The highest BCUT2D eigenvalue weighted by molar-refractivity contribution is 5.72. The van der Waals surface area contributed by atoms with E-state index in [-0.39, 0.29) is 6.10 Å². The molecule has 1 saturated heterocycles. The van der Waals surface area contributed by atoms with E-state index < -0.39 is 12.0 Å². The number of rotatable bonds is 6. The third-order valence-corrected chi connectivity index (χ3v) is 4.05. The topological polar surface area (TPSA) is 68.2 Å².